The third kappa shape index (κ3) is 6.16. The summed E-state index contributed by atoms with van der Waals surface area (Å²) in [6, 6.07) is 9.12. The first-order chi connectivity index (χ1) is 11.6. The molecule has 1 aromatic rings. The minimum Gasteiger partial charge on any atom is -0.357 e. The molecule has 0 aromatic heterocycles. The van der Waals surface area contributed by atoms with Crippen molar-refractivity contribution in [3.8, 4) is 0 Å². The second-order valence-electron chi connectivity index (χ2n) is 7.25. The molecule has 0 saturated carbocycles. The molecule has 0 bridgehead atoms. The molecule has 1 aliphatic rings. The van der Waals surface area contributed by atoms with E-state index >= 15 is 0 Å². The number of guanidine groups is 1. The molecule has 4 nitrogen and oxygen atoms in total. The third-order valence-corrected chi connectivity index (χ3v) is 4.43. The molecule has 1 saturated heterocycles. The van der Waals surface area contributed by atoms with Gasteiger partial charge in [-0.25, -0.2) is 4.99 Å². The number of benzene rings is 1. The smallest absolute Gasteiger partial charge is 0.191 e. The van der Waals surface area contributed by atoms with Gasteiger partial charge in [-0.1, -0.05) is 31.2 Å². The fraction of sp³-hybridized carbons (Fsp3) is 0.650. The molecule has 0 aliphatic carbocycles. The van der Waals surface area contributed by atoms with Gasteiger partial charge in [-0.3, -0.25) is 4.90 Å². The maximum Gasteiger partial charge on any atom is 0.191 e. The molecule has 2 N–H and O–H groups in total. The predicted octanol–water partition coefficient (Wildman–Crippen LogP) is 3.38. The van der Waals surface area contributed by atoms with Gasteiger partial charge in [0, 0.05) is 25.7 Å². The van der Waals surface area contributed by atoms with Crippen molar-refractivity contribution in [2.45, 2.75) is 59.7 Å². The standard InChI is InChI=1S/C20H34N4/c1-5-21-20(23-16(2)3)22-13-18-10-6-7-11-19(18)15-24-12-8-9-17(4)14-24/h6-7,10-11,16-17H,5,8-9,12-15H2,1-4H3,(H2,21,22,23). The van der Waals surface area contributed by atoms with Gasteiger partial charge in [-0.2, -0.15) is 0 Å². The fourth-order valence-electron chi connectivity index (χ4n) is 3.29. The van der Waals surface area contributed by atoms with Crippen LogP contribution >= 0.6 is 0 Å². The highest BCUT2D eigenvalue weighted by atomic mass is 15.2. The lowest BCUT2D eigenvalue weighted by Crippen LogP contribution is -2.41. The number of nitrogens with zero attached hydrogens (tertiary/aromatic N) is 2. The average Bonchev–Trinajstić information content (AvgIpc) is 2.53. The molecule has 4 heteroatoms. The fourth-order valence-corrected chi connectivity index (χ4v) is 3.29. The molecule has 24 heavy (non-hydrogen) atoms. The Morgan fingerprint density at radius 1 is 1.29 bits per heavy atom. The van der Waals surface area contributed by atoms with Crippen LogP contribution in [-0.2, 0) is 13.1 Å². The second-order valence-corrected chi connectivity index (χ2v) is 7.25. The Morgan fingerprint density at radius 2 is 2.04 bits per heavy atom. The van der Waals surface area contributed by atoms with Gasteiger partial charge in [-0.15, -0.1) is 0 Å². The monoisotopic (exact) mass is 330 g/mol. The molecule has 1 heterocycles. The number of likely N-dealkylation sites (tertiary alicyclic amines) is 1. The van der Waals surface area contributed by atoms with E-state index in [2.05, 4.69) is 67.5 Å². The van der Waals surface area contributed by atoms with Gasteiger partial charge in [0.25, 0.3) is 0 Å². The van der Waals surface area contributed by atoms with Crippen LogP contribution in [0.3, 0.4) is 0 Å². The van der Waals surface area contributed by atoms with Crippen molar-refractivity contribution in [1.82, 2.24) is 15.5 Å². The van der Waals surface area contributed by atoms with E-state index in [0.29, 0.717) is 6.04 Å². The quantitative estimate of drug-likeness (QED) is 0.620. The maximum absolute atomic E-state index is 4.77. The van der Waals surface area contributed by atoms with Crippen LogP contribution in [0.4, 0.5) is 0 Å². The van der Waals surface area contributed by atoms with Crippen LogP contribution < -0.4 is 10.6 Å². The van der Waals surface area contributed by atoms with Crippen LogP contribution in [0.5, 0.6) is 0 Å². The van der Waals surface area contributed by atoms with E-state index in [9.17, 15) is 0 Å². The zero-order chi connectivity index (χ0) is 17.4. The van der Waals surface area contributed by atoms with E-state index in [1.165, 1.54) is 37.1 Å². The molecule has 134 valence electrons. The van der Waals surface area contributed by atoms with Gasteiger partial charge >= 0.3 is 0 Å². The van der Waals surface area contributed by atoms with Crippen LogP contribution in [0.2, 0.25) is 0 Å². The number of nitrogens with one attached hydrogen (secondary N) is 2. The third-order valence-electron chi connectivity index (χ3n) is 4.43. The lowest BCUT2D eigenvalue weighted by molar-refractivity contribution is 0.176. The summed E-state index contributed by atoms with van der Waals surface area (Å²) in [4.78, 5) is 7.36. The Hall–Kier alpha value is -1.55. The van der Waals surface area contributed by atoms with Gasteiger partial charge in [0.1, 0.15) is 0 Å². The summed E-state index contributed by atoms with van der Waals surface area (Å²) in [5.74, 6) is 1.72. The number of aliphatic imine (C=N–C) groups is 1. The Bertz CT molecular complexity index is 524. The van der Waals surface area contributed by atoms with Gasteiger partial charge in [0.2, 0.25) is 0 Å². The second kappa shape index (κ2) is 9.67. The highest BCUT2D eigenvalue weighted by Gasteiger charge is 2.17. The van der Waals surface area contributed by atoms with E-state index < -0.39 is 0 Å². The van der Waals surface area contributed by atoms with Crippen LogP contribution in [0.25, 0.3) is 0 Å². The number of hydrogen-bond donors (Lipinski definition) is 2. The summed E-state index contributed by atoms with van der Waals surface area (Å²) in [6.45, 7) is 13.8. The number of piperidine rings is 1. The van der Waals surface area contributed by atoms with Crippen molar-refractivity contribution in [2.24, 2.45) is 10.9 Å². The molecule has 0 radical (unpaired) electrons. The summed E-state index contributed by atoms with van der Waals surface area (Å²) >= 11 is 0. The van der Waals surface area contributed by atoms with Crippen molar-refractivity contribution in [3.05, 3.63) is 35.4 Å². The number of rotatable bonds is 6. The zero-order valence-electron chi connectivity index (χ0n) is 15.8. The molecule has 1 aliphatic heterocycles. The average molecular weight is 331 g/mol. The molecule has 1 unspecified atom stereocenters. The van der Waals surface area contributed by atoms with Crippen LogP contribution in [0.1, 0.15) is 51.7 Å². The maximum atomic E-state index is 4.77. The largest absolute Gasteiger partial charge is 0.357 e. The predicted molar refractivity (Wildman–Crippen MR) is 103 cm³/mol. The molecule has 1 fully saturated rings. The van der Waals surface area contributed by atoms with Crippen LogP contribution in [0, 0.1) is 5.92 Å². The highest BCUT2D eigenvalue weighted by Crippen LogP contribution is 2.19. The lowest BCUT2D eigenvalue weighted by Gasteiger charge is -2.31. The zero-order valence-corrected chi connectivity index (χ0v) is 15.8. The van der Waals surface area contributed by atoms with Crippen molar-refractivity contribution >= 4 is 5.96 Å². The summed E-state index contributed by atoms with van der Waals surface area (Å²) < 4.78 is 0. The summed E-state index contributed by atoms with van der Waals surface area (Å²) in [7, 11) is 0. The van der Waals surface area contributed by atoms with Crippen molar-refractivity contribution in [2.75, 3.05) is 19.6 Å². The Balaban J connectivity index is 2.04. The van der Waals surface area contributed by atoms with E-state index in [0.717, 1.165) is 31.5 Å². The summed E-state index contributed by atoms with van der Waals surface area (Å²) in [6.07, 6.45) is 2.69. The summed E-state index contributed by atoms with van der Waals surface area (Å²) in [5.41, 5.74) is 2.74. The first-order valence-corrected chi connectivity index (χ1v) is 9.42. The topological polar surface area (TPSA) is 39.7 Å². The van der Waals surface area contributed by atoms with Gasteiger partial charge in [0.05, 0.1) is 6.54 Å². The van der Waals surface area contributed by atoms with E-state index in [1.807, 2.05) is 0 Å². The van der Waals surface area contributed by atoms with Crippen molar-refractivity contribution in [3.63, 3.8) is 0 Å². The first kappa shape index (κ1) is 18.8. The number of hydrogen-bond acceptors (Lipinski definition) is 2. The van der Waals surface area contributed by atoms with Gasteiger partial charge in [-0.05, 0) is 57.2 Å². The van der Waals surface area contributed by atoms with Crippen LogP contribution in [-0.4, -0.2) is 36.5 Å². The minimum atomic E-state index is 0.382. The van der Waals surface area contributed by atoms with E-state index in [-0.39, 0.29) is 0 Å². The van der Waals surface area contributed by atoms with Crippen LogP contribution in [0.15, 0.2) is 29.3 Å². The molecular formula is C20H34N4. The van der Waals surface area contributed by atoms with Gasteiger partial charge in [0.15, 0.2) is 5.96 Å². The molecule has 0 spiro atoms. The van der Waals surface area contributed by atoms with Gasteiger partial charge < -0.3 is 10.6 Å². The molecular weight excluding hydrogens is 296 g/mol. The summed E-state index contributed by atoms with van der Waals surface area (Å²) in [5, 5.41) is 6.71. The lowest BCUT2D eigenvalue weighted by atomic mass is 9.99. The molecule has 1 aromatic carbocycles. The van der Waals surface area contributed by atoms with Crippen molar-refractivity contribution < 1.29 is 0 Å². The van der Waals surface area contributed by atoms with E-state index in [1.54, 1.807) is 0 Å². The molecule has 1 atom stereocenters. The highest BCUT2D eigenvalue weighted by molar-refractivity contribution is 5.80. The normalized spacial score (nSPS) is 19.5. The van der Waals surface area contributed by atoms with E-state index in [4.69, 9.17) is 4.99 Å². The minimum absolute atomic E-state index is 0.382. The molecule has 0 amide bonds. The Labute approximate surface area is 147 Å². The molecule has 2 rings (SSSR count). The first-order valence-electron chi connectivity index (χ1n) is 9.42. The van der Waals surface area contributed by atoms with Crippen molar-refractivity contribution in [1.29, 1.82) is 0 Å². The Kier molecular flexibility index (Phi) is 7.57. The SMILES string of the molecule is CCNC(=NCc1ccccc1CN1CCCC(C)C1)NC(C)C. The Morgan fingerprint density at radius 3 is 2.71 bits per heavy atom.